The Morgan fingerprint density at radius 3 is 3.04 bits per heavy atom. The molecule has 0 saturated carbocycles. The van der Waals surface area contributed by atoms with Gasteiger partial charge in [0.15, 0.2) is 5.13 Å². The van der Waals surface area contributed by atoms with Gasteiger partial charge in [-0.2, -0.15) is 0 Å². The highest BCUT2D eigenvalue weighted by Crippen LogP contribution is 2.18. The molecule has 1 aliphatic rings. The lowest BCUT2D eigenvalue weighted by Gasteiger charge is -2.26. The summed E-state index contributed by atoms with van der Waals surface area (Å²) in [4.78, 5) is 24.7. The summed E-state index contributed by atoms with van der Waals surface area (Å²) in [6.45, 7) is 2.60. The van der Waals surface area contributed by atoms with E-state index in [1.807, 2.05) is 23.7 Å². The Hall–Kier alpha value is -1.83. The van der Waals surface area contributed by atoms with Crippen molar-refractivity contribution in [2.24, 2.45) is 0 Å². The molecule has 0 radical (unpaired) electrons. The van der Waals surface area contributed by atoms with Gasteiger partial charge in [0.25, 0.3) is 0 Å². The van der Waals surface area contributed by atoms with Gasteiger partial charge >= 0.3 is 0 Å². The Balaban J connectivity index is 1.65. The van der Waals surface area contributed by atoms with E-state index in [0.717, 1.165) is 36.7 Å². The van der Waals surface area contributed by atoms with Crippen LogP contribution < -0.4 is 4.90 Å². The number of hydrogen-bond donors (Lipinski definition) is 0. The highest BCUT2D eigenvalue weighted by atomic mass is 32.1. The van der Waals surface area contributed by atoms with Crippen molar-refractivity contribution in [2.75, 3.05) is 31.6 Å². The molecule has 0 aromatic carbocycles. The zero-order valence-electron chi connectivity index (χ0n) is 13.8. The van der Waals surface area contributed by atoms with Crippen LogP contribution in [0, 0.1) is 0 Å². The molecule has 1 fully saturated rings. The van der Waals surface area contributed by atoms with E-state index in [-0.39, 0.29) is 12.0 Å². The second kappa shape index (κ2) is 8.32. The SMILES string of the molecule is CN(C(=O)CN(Cc1cccnc1)C[C@@H]1CCCO1)c1nccs1. The van der Waals surface area contributed by atoms with Crippen LogP contribution in [0.5, 0.6) is 0 Å². The van der Waals surface area contributed by atoms with Gasteiger partial charge in [-0.25, -0.2) is 4.98 Å². The monoisotopic (exact) mass is 346 g/mol. The Kier molecular flexibility index (Phi) is 5.90. The molecule has 3 heterocycles. The molecule has 1 amide bonds. The minimum absolute atomic E-state index is 0.0341. The lowest BCUT2D eigenvalue weighted by Crippen LogP contribution is -2.41. The van der Waals surface area contributed by atoms with Crippen molar-refractivity contribution in [3.8, 4) is 0 Å². The van der Waals surface area contributed by atoms with Crippen molar-refractivity contribution in [3.63, 3.8) is 0 Å². The number of rotatable bonds is 7. The smallest absolute Gasteiger partial charge is 0.242 e. The van der Waals surface area contributed by atoms with Crippen LogP contribution in [-0.2, 0) is 16.1 Å². The first kappa shape index (κ1) is 17.0. The van der Waals surface area contributed by atoms with E-state index in [2.05, 4.69) is 14.9 Å². The van der Waals surface area contributed by atoms with Crippen LogP contribution in [0.1, 0.15) is 18.4 Å². The van der Waals surface area contributed by atoms with E-state index in [4.69, 9.17) is 4.74 Å². The van der Waals surface area contributed by atoms with Crippen LogP contribution in [-0.4, -0.2) is 53.6 Å². The van der Waals surface area contributed by atoms with E-state index in [1.165, 1.54) is 11.3 Å². The molecule has 24 heavy (non-hydrogen) atoms. The van der Waals surface area contributed by atoms with Gasteiger partial charge in [0.05, 0.1) is 12.6 Å². The van der Waals surface area contributed by atoms with Crippen molar-refractivity contribution < 1.29 is 9.53 Å². The predicted octanol–water partition coefficient (Wildman–Crippen LogP) is 2.18. The summed E-state index contributed by atoms with van der Waals surface area (Å²) in [6.07, 6.45) is 7.68. The summed E-state index contributed by atoms with van der Waals surface area (Å²) in [5.41, 5.74) is 1.10. The lowest BCUT2D eigenvalue weighted by molar-refractivity contribution is -0.119. The average molecular weight is 346 g/mol. The van der Waals surface area contributed by atoms with E-state index in [1.54, 1.807) is 24.3 Å². The molecular formula is C17H22N4O2S. The fourth-order valence-corrected chi connectivity index (χ4v) is 3.42. The van der Waals surface area contributed by atoms with Crippen molar-refractivity contribution in [2.45, 2.75) is 25.5 Å². The molecule has 1 atom stereocenters. The first-order valence-corrected chi connectivity index (χ1v) is 8.99. The molecule has 7 heteroatoms. The maximum atomic E-state index is 12.6. The van der Waals surface area contributed by atoms with E-state index in [0.29, 0.717) is 13.1 Å². The predicted molar refractivity (Wildman–Crippen MR) is 94.0 cm³/mol. The Morgan fingerprint density at radius 2 is 2.38 bits per heavy atom. The highest BCUT2D eigenvalue weighted by molar-refractivity contribution is 7.13. The van der Waals surface area contributed by atoms with Crippen molar-refractivity contribution in [1.29, 1.82) is 0 Å². The van der Waals surface area contributed by atoms with Crippen LogP contribution >= 0.6 is 11.3 Å². The molecule has 0 spiro atoms. The number of likely N-dealkylation sites (N-methyl/N-ethyl adjacent to an activating group) is 1. The number of aromatic nitrogens is 2. The van der Waals surface area contributed by atoms with Crippen molar-refractivity contribution in [3.05, 3.63) is 41.7 Å². The third-order valence-electron chi connectivity index (χ3n) is 4.05. The standard InChI is InChI=1S/C17H22N4O2S/c1-20(17-19-7-9-24-17)16(22)13-21(12-15-5-3-8-23-15)11-14-4-2-6-18-10-14/h2,4,6-7,9-10,15H,3,5,8,11-13H2,1H3/t15-/m0/s1. The fourth-order valence-electron chi connectivity index (χ4n) is 2.80. The molecule has 128 valence electrons. The van der Waals surface area contributed by atoms with Gasteiger partial charge in [0, 0.05) is 50.7 Å². The fraction of sp³-hybridized carbons (Fsp3) is 0.471. The van der Waals surface area contributed by atoms with Gasteiger partial charge in [0.1, 0.15) is 0 Å². The van der Waals surface area contributed by atoms with E-state index < -0.39 is 0 Å². The molecule has 1 saturated heterocycles. The van der Waals surface area contributed by atoms with Crippen LogP contribution in [0.2, 0.25) is 0 Å². The Bertz CT molecular complexity index is 629. The molecule has 2 aromatic heterocycles. The minimum Gasteiger partial charge on any atom is -0.377 e. The number of ether oxygens (including phenoxy) is 1. The zero-order valence-corrected chi connectivity index (χ0v) is 14.6. The second-order valence-electron chi connectivity index (χ2n) is 5.93. The molecule has 0 unspecified atom stereocenters. The van der Waals surface area contributed by atoms with Crippen LogP contribution in [0.3, 0.4) is 0 Å². The number of pyridine rings is 1. The summed E-state index contributed by atoms with van der Waals surface area (Å²) in [5.74, 6) is 0.0341. The van der Waals surface area contributed by atoms with Gasteiger partial charge in [0.2, 0.25) is 5.91 Å². The molecule has 0 aliphatic carbocycles. The number of nitrogens with zero attached hydrogens (tertiary/aromatic N) is 4. The molecule has 0 bridgehead atoms. The third-order valence-corrected chi connectivity index (χ3v) is 4.90. The van der Waals surface area contributed by atoms with Gasteiger partial charge < -0.3 is 4.74 Å². The molecular weight excluding hydrogens is 324 g/mol. The number of carbonyl (C=O) groups excluding carboxylic acids is 1. The highest BCUT2D eigenvalue weighted by Gasteiger charge is 2.23. The average Bonchev–Trinajstić information content (AvgIpc) is 3.28. The van der Waals surface area contributed by atoms with Crippen LogP contribution in [0.15, 0.2) is 36.1 Å². The molecule has 1 aliphatic heterocycles. The largest absolute Gasteiger partial charge is 0.377 e. The van der Waals surface area contributed by atoms with E-state index >= 15 is 0 Å². The quantitative estimate of drug-likeness (QED) is 0.769. The Morgan fingerprint density at radius 1 is 1.46 bits per heavy atom. The summed E-state index contributed by atoms with van der Waals surface area (Å²) in [6, 6.07) is 3.95. The number of thiazole rings is 1. The summed E-state index contributed by atoms with van der Waals surface area (Å²) >= 11 is 1.46. The van der Waals surface area contributed by atoms with Gasteiger partial charge in [-0.05, 0) is 24.5 Å². The topological polar surface area (TPSA) is 58.6 Å². The van der Waals surface area contributed by atoms with Gasteiger partial charge in [-0.3, -0.25) is 19.6 Å². The van der Waals surface area contributed by atoms with Crippen molar-refractivity contribution in [1.82, 2.24) is 14.9 Å². The molecule has 6 nitrogen and oxygen atoms in total. The number of carbonyl (C=O) groups is 1. The molecule has 2 aromatic rings. The summed E-state index contributed by atoms with van der Waals surface area (Å²) in [5, 5.41) is 2.59. The molecule has 3 rings (SSSR count). The maximum Gasteiger partial charge on any atom is 0.242 e. The zero-order chi connectivity index (χ0) is 16.8. The first-order chi connectivity index (χ1) is 11.7. The van der Waals surface area contributed by atoms with Crippen molar-refractivity contribution >= 4 is 22.4 Å². The number of hydrogen-bond acceptors (Lipinski definition) is 6. The Labute approximate surface area is 146 Å². The third kappa shape index (κ3) is 4.59. The number of amides is 1. The first-order valence-electron chi connectivity index (χ1n) is 8.11. The number of anilines is 1. The van der Waals surface area contributed by atoms with Gasteiger partial charge in [-0.1, -0.05) is 6.07 Å². The lowest BCUT2D eigenvalue weighted by atomic mass is 10.2. The van der Waals surface area contributed by atoms with Crippen LogP contribution in [0.25, 0.3) is 0 Å². The maximum absolute atomic E-state index is 12.6. The summed E-state index contributed by atoms with van der Waals surface area (Å²) in [7, 11) is 1.77. The minimum atomic E-state index is 0.0341. The molecule has 0 N–H and O–H groups in total. The summed E-state index contributed by atoms with van der Waals surface area (Å²) < 4.78 is 5.74. The normalized spacial score (nSPS) is 17.3. The van der Waals surface area contributed by atoms with E-state index in [9.17, 15) is 4.79 Å². The second-order valence-corrected chi connectivity index (χ2v) is 6.81. The van der Waals surface area contributed by atoms with Crippen LogP contribution in [0.4, 0.5) is 5.13 Å². The van der Waals surface area contributed by atoms with Gasteiger partial charge in [-0.15, -0.1) is 11.3 Å².